The van der Waals surface area contributed by atoms with Gasteiger partial charge in [-0.3, -0.25) is 9.59 Å². The second-order valence-electron chi connectivity index (χ2n) is 6.08. The Hall–Kier alpha value is -1.39. The van der Waals surface area contributed by atoms with E-state index >= 15 is 0 Å². The van der Waals surface area contributed by atoms with E-state index in [4.69, 9.17) is 0 Å². The third-order valence-electron chi connectivity index (χ3n) is 5.20. The van der Waals surface area contributed by atoms with E-state index in [1.54, 1.807) is 0 Å². The molecule has 0 aromatic heterocycles. The van der Waals surface area contributed by atoms with Crippen molar-refractivity contribution in [1.29, 1.82) is 0 Å². The largest absolute Gasteiger partial charge is 0.348 e. The summed E-state index contributed by atoms with van der Waals surface area (Å²) in [6.45, 7) is 0. The molecule has 4 unspecified atom stereocenters. The van der Waals surface area contributed by atoms with Crippen molar-refractivity contribution in [2.24, 2.45) is 28.8 Å². The first-order chi connectivity index (χ1) is 8.74. The lowest BCUT2D eigenvalue weighted by molar-refractivity contribution is -0.121. The van der Waals surface area contributed by atoms with Crippen LogP contribution in [0.1, 0.15) is 32.1 Å². The fourth-order valence-electron chi connectivity index (χ4n) is 4.39. The van der Waals surface area contributed by atoms with Crippen molar-refractivity contribution in [1.82, 2.24) is 10.7 Å². The standard InChI is InChI=1S/C13H17N3O2/c17-9-4-3-8(15-16-9)13(18)14-12-10-6-1-2-7(5-6)11(10)12/h6-7,10-12H,1-5H2,(H,14,18)(H,16,17). The van der Waals surface area contributed by atoms with E-state index in [0.29, 0.717) is 24.6 Å². The number of hydrogen-bond donors (Lipinski definition) is 2. The van der Waals surface area contributed by atoms with E-state index in [-0.39, 0.29) is 11.8 Å². The Morgan fingerprint density at radius 3 is 2.56 bits per heavy atom. The van der Waals surface area contributed by atoms with Gasteiger partial charge in [-0.05, 0) is 42.9 Å². The van der Waals surface area contributed by atoms with Gasteiger partial charge in [0.1, 0.15) is 5.71 Å². The number of hydrogen-bond acceptors (Lipinski definition) is 3. The minimum Gasteiger partial charge on any atom is -0.348 e. The maximum atomic E-state index is 12.0. The Labute approximate surface area is 105 Å². The molecule has 18 heavy (non-hydrogen) atoms. The first kappa shape index (κ1) is 10.5. The van der Waals surface area contributed by atoms with Gasteiger partial charge in [0, 0.05) is 18.9 Å². The van der Waals surface area contributed by atoms with Crippen LogP contribution in [0.2, 0.25) is 0 Å². The molecule has 4 aliphatic rings. The lowest BCUT2D eigenvalue weighted by Gasteiger charge is -2.14. The number of amides is 2. The number of carbonyl (C=O) groups is 2. The predicted octanol–water partition coefficient (Wildman–Crippen LogP) is 0.413. The van der Waals surface area contributed by atoms with Crippen LogP contribution in [-0.2, 0) is 9.59 Å². The minimum absolute atomic E-state index is 0.0752. The molecular weight excluding hydrogens is 230 g/mol. The summed E-state index contributed by atoms with van der Waals surface area (Å²) in [5, 5.41) is 6.96. The number of hydrazone groups is 1. The molecular formula is C13H17N3O2. The highest BCUT2D eigenvalue weighted by molar-refractivity contribution is 6.39. The van der Waals surface area contributed by atoms with Gasteiger partial charge in [-0.25, -0.2) is 5.43 Å². The molecule has 3 saturated carbocycles. The smallest absolute Gasteiger partial charge is 0.267 e. The van der Waals surface area contributed by atoms with Gasteiger partial charge in [-0.15, -0.1) is 0 Å². The third kappa shape index (κ3) is 1.42. The molecule has 96 valence electrons. The lowest BCUT2D eigenvalue weighted by Crippen LogP contribution is -2.39. The van der Waals surface area contributed by atoms with E-state index < -0.39 is 0 Å². The maximum Gasteiger partial charge on any atom is 0.267 e. The molecule has 0 aromatic carbocycles. The quantitative estimate of drug-likeness (QED) is 0.742. The molecule has 0 spiro atoms. The van der Waals surface area contributed by atoms with Gasteiger partial charge >= 0.3 is 0 Å². The number of rotatable bonds is 2. The summed E-state index contributed by atoms with van der Waals surface area (Å²) in [6.07, 6.45) is 4.94. The fourth-order valence-corrected chi connectivity index (χ4v) is 4.39. The van der Waals surface area contributed by atoms with Gasteiger partial charge in [0.2, 0.25) is 5.91 Å². The molecule has 3 aliphatic carbocycles. The molecule has 2 bridgehead atoms. The average Bonchev–Trinajstić information content (AvgIpc) is 2.78. The molecule has 1 heterocycles. The van der Waals surface area contributed by atoms with E-state index in [0.717, 1.165) is 23.7 Å². The predicted molar refractivity (Wildman–Crippen MR) is 64.6 cm³/mol. The molecule has 5 heteroatoms. The highest BCUT2D eigenvalue weighted by atomic mass is 16.2. The average molecular weight is 247 g/mol. The molecule has 0 radical (unpaired) electrons. The van der Waals surface area contributed by atoms with Crippen molar-refractivity contribution in [2.75, 3.05) is 0 Å². The van der Waals surface area contributed by atoms with Crippen LogP contribution < -0.4 is 10.7 Å². The zero-order valence-corrected chi connectivity index (χ0v) is 10.2. The molecule has 0 saturated heterocycles. The van der Waals surface area contributed by atoms with E-state index in [2.05, 4.69) is 15.8 Å². The van der Waals surface area contributed by atoms with Gasteiger partial charge in [0.05, 0.1) is 0 Å². The van der Waals surface area contributed by atoms with Crippen LogP contribution >= 0.6 is 0 Å². The van der Waals surface area contributed by atoms with Gasteiger partial charge in [0.25, 0.3) is 5.91 Å². The van der Waals surface area contributed by atoms with Crippen LogP contribution in [0, 0.1) is 23.7 Å². The summed E-state index contributed by atoms with van der Waals surface area (Å²) in [7, 11) is 0. The van der Waals surface area contributed by atoms with Crippen LogP contribution in [0.5, 0.6) is 0 Å². The Morgan fingerprint density at radius 1 is 1.22 bits per heavy atom. The number of fused-ring (bicyclic) bond motifs is 5. The van der Waals surface area contributed by atoms with Crippen molar-refractivity contribution < 1.29 is 9.59 Å². The summed E-state index contributed by atoms with van der Waals surface area (Å²) in [5.74, 6) is 3.02. The minimum atomic E-state index is -0.104. The third-order valence-corrected chi connectivity index (χ3v) is 5.20. The summed E-state index contributed by atoms with van der Waals surface area (Å²) in [4.78, 5) is 23.0. The molecule has 2 amide bonds. The molecule has 1 aliphatic heterocycles. The van der Waals surface area contributed by atoms with Crippen molar-refractivity contribution in [2.45, 2.75) is 38.1 Å². The van der Waals surface area contributed by atoms with Crippen molar-refractivity contribution >= 4 is 17.5 Å². The topological polar surface area (TPSA) is 70.6 Å². The second-order valence-corrected chi connectivity index (χ2v) is 6.08. The molecule has 3 fully saturated rings. The Balaban J connectivity index is 1.39. The van der Waals surface area contributed by atoms with Crippen LogP contribution in [0.25, 0.3) is 0 Å². The first-order valence-electron chi connectivity index (χ1n) is 6.90. The molecule has 2 N–H and O–H groups in total. The Kier molecular flexibility index (Phi) is 2.08. The first-order valence-corrected chi connectivity index (χ1v) is 6.90. The molecule has 0 aromatic rings. The normalized spacial score (nSPS) is 44.1. The summed E-state index contributed by atoms with van der Waals surface area (Å²) < 4.78 is 0. The van der Waals surface area contributed by atoms with Gasteiger partial charge in [0.15, 0.2) is 0 Å². The molecule has 4 rings (SSSR count). The van der Waals surface area contributed by atoms with E-state index in [9.17, 15) is 9.59 Å². The number of nitrogens with zero attached hydrogens (tertiary/aromatic N) is 1. The fraction of sp³-hybridized carbons (Fsp3) is 0.769. The highest BCUT2D eigenvalue weighted by Gasteiger charge is 2.65. The monoisotopic (exact) mass is 247 g/mol. The van der Waals surface area contributed by atoms with Crippen molar-refractivity contribution in [3.8, 4) is 0 Å². The van der Waals surface area contributed by atoms with Crippen molar-refractivity contribution in [3.05, 3.63) is 0 Å². The van der Waals surface area contributed by atoms with E-state index in [1.165, 1.54) is 19.3 Å². The lowest BCUT2D eigenvalue weighted by atomic mass is 10.0. The van der Waals surface area contributed by atoms with Crippen LogP contribution in [-0.4, -0.2) is 23.6 Å². The Morgan fingerprint density at radius 2 is 1.94 bits per heavy atom. The highest BCUT2D eigenvalue weighted by Crippen LogP contribution is 2.65. The Bertz CT molecular complexity index is 443. The summed E-state index contributed by atoms with van der Waals surface area (Å²) in [6, 6.07) is 0.393. The van der Waals surface area contributed by atoms with Crippen LogP contribution in [0.3, 0.4) is 0 Å². The van der Waals surface area contributed by atoms with Gasteiger partial charge < -0.3 is 5.32 Å². The number of carbonyl (C=O) groups excluding carboxylic acids is 2. The van der Waals surface area contributed by atoms with Crippen LogP contribution in [0.4, 0.5) is 0 Å². The van der Waals surface area contributed by atoms with Crippen LogP contribution in [0.15, 0.2) is 5.10 Å². The zero-order valence-electron chi connectivity index (χ0n) is 10.2. The molecule has 5 nitrogen and oxygen atoms in total. The zero-order chi connectivity index (χ0) is 12.3. The van der Waals surface area contributed by atoms with Gasteiger partial charge in [-0.2, -0.15) is 5.10 Å². The van der Waals surface area contributed by atoms with Gasteiger partial charge in [-0.1, -0.05) is 0 Å². The summed E-state index contributed by atoms with van der Waals surface area (Å²) in [5.41, 5.74) is 2.85. The SMILES string of the molecule is O=C1CCC(C(=O)NC2C3C4CCC(C4)C23)=NN1. The van der Waals surface area contributed by atoms with E-state index in [1.807, 2.05) is 0 Å². The summed E-state index contributed by atoms with van der Waals surface area (Å²) >= 11 is 0. The second kappa shape index (κ2) is 3.56. The maximum absolute atomic E-state index is 12.0. The molecule has 4 atom stereocenters. The van der Waals surface area contributed by atoms with Crippen molar-refractivity contribution in [3.63, 3.8) is 0 Å². The number of nitrogens with one attached hydrogen (secondary N) is 2.